The number of aromatic nitrogens is 3. The number of hydrogen-bond donors (Lipinski definition) is 2. The molecule has 2 rings (SSSR count). The average molecular weight is 371 g/mol. The zero-order chi connectivity index (χ0) is 15.2. The maximum absolute atomic E-state index is 11.9. The monoisotopic (exact) mass is 370 g/mol. The first kappa shape index (κ1) is 15.8. The summed E-state index contributed by atoms with van der Waals surface area (Å²) < 4.78 is 2.36. The van der Waals surface area contributed by atoms with Gasteiger partial charge >= 0.3 is 5.69 Å². The van der Waals surface area contributed by atoms with Crippen molar-refractivity contribution in [1.29, 1.82) is 0 Å². The van der Waals surface area contributed by atoms with Crippen molar-refractivity contribution in [3.63, 3.8) is 0 Å². The number of nitrogens with zero attached hydrogens (tertiary/aromatic N) is 2. The van der Waals surface area contributed by atoms with E-state index in [1.54, 1.807) is 0 Å². The van der Waals surface area contributed by atoms with Gasteiger partial charge in [0.1, 0.15) is 0 Å². The highest BCUT2D eigenvalue weighted by atomic mass is 79.9. The van der Waals surface area contributed by atoms with E-state index in [9.17, 15) is 9.59 Å². The molecule has 0 atom stereocenters. The third-order valence-electron chi connectivity index (χ3n) is 2.65. The van der Waals surface area contributed by atoms with E-state index in [0.717, 1.165) is 16.6 Å². The van der Waals surface area contributed by atoms with Gasteiger partial charge in [0.15, 0.2) is 5.16 Å². The number of para-hydroxylation sites is 1. The fourth-order valence-electron chi connectivity index (χ4n) is 1.71. The van der Waals surface area contributed by atoms with Crippen LogP contribution in [0, 0.1) is 0 Å². The predicted octanol–water partition coefficient (Wildman–Crippen LogP) is 2.47. The molecular formula is C13H15BrN4O2S. The zero-order valence-corrected chi connectivity index (χ0v) is 13.8. The lowest BCUT2D eigenvalue weighted by molar-refractivity contribution is -0.113. The maximum Gasteiger partial charge on any atom is 0.343 e. The smallest absolute Gasteiger partial charge is 0.324 e. The number of anilines is 1. The van der Waals surface area contributed by atoms with E-state index in [0.29, 0.717) is 11.7 Å². The normalized spacial score (nSPS) is 10.6. The van der Waals surface area contributed by atoms with Crippen molar-refractivity contribution in [3.8, 4) is 0 Å². The standard InChI is InChI=1S/C13H15BrN4O2S/c1-2-7-18-12(20)16-17-13(18)21-8-11(19)15-10-6-4-3-5-9(10)14/h3-6H,2,7-8H2,1H3,(H,15,19)(H,16,20). The number of carbonyl (C=O) groups is 1. The van der Waals surface area contributed by atoms with Crippen LogP contribution >= 0.6 is 27.7 Å². The Bertz CT molecular complexity index is 683. The van der Waals surface area contributed by atoms with Crippen molar-refractivity contribution < 1.29 is 4.79 Å². The highest BCUT2D eigenvalue weighted by molar-refractivity contribution is 9.10. The molecule has 6 nitrogen and oxygen atoms in total. The molecule has 0 bridgehead atoms. The molecule has 0 unspecified atom stereocenters. The number of halogens is 1. The summed E-state index contributed by atoms with van der Waals surface area (Å²) in [6.07, 6.45) is 0.830. The summed E-state index contributed by atoms with van der Waals surface area (Å²) in [5, 5.41) is 9.67. The fourth-order valence-corrected chi connectivity index (χ4v) is 2.87. The van der Waals surface area contributed by atoms with Gasteiger partial charge in [0.25, 0.3) is 0 Å². The minimum Gasteiger partial charge on any atom is -0.324 e. The lowest BCUT2D eigenvalue weighted by Crippen LogP contribution is -2.18. The zero-order valence-electron chi connectivity index (χ0n) is 11.4. The Morgan fingerprint density at radius 1 is 1.48 bits per heavy atom. The molecule has 0 radical (unpaired) electrons. The molecule has 0 spiro atoms. The minimum absolute atomic E-state index is 0.148. The largest absolute Gasteiger partial charge is 0.343 e. The molecule has 8 heteroatoms. The molecule has 0 saturated heterocycles. The van der Waals surface area contributed by atoms with Crippen molar-refractivity contribution in [2.45, 2.75) is 25.0 Å². The molecule has 2 N–H and O–H groups in total. The van der Waals surface area contributed by atoms with Crippen LogP contribution in [0.4, 0.5) is 5.69 Å². The van der Waals surface area contributed by atoms with E-state index in [-0.39, 0.29) is 17.3 Å². The third-order valence-corrected chi connectivity index (χ3v) is 4.32. The Labute approximate surface area is 134 Å². The summed E-state index contributed by atoms with van der Waals surface area (Å²) in [7, 11) is 0. The van der Waals surface area contributed by atoms with Gasteiger partial charge in [-0.05, 0) is 34.5 Å². The molecule has 1 amide bonds. The Morgan fingerprint density at radius 2 is 2.24 bits per heavy atom. The Morgan fingerprint density at radius 3 is 2.95 bits per heavy atom. The number of aromatic amines is 1. The molecule has 0 aliphatic carbocycles. The fraction of sp³-hybridized carbons (Fsp3) is 0.308. The molecule has 0 saturated carbocycles. The first-order valence-corrected chi connectivity index (χ1v) is 8.22. The van der Waals surface area contributed by atoms with Gasteiger partial charge in [0.05, 0.1) is 11.4 Å². The molecular weight excluding hydrogens is 356 g/mol. The summed E-state index contributed by atoms with van der Waals surface area (Å²) in [6, 6.07) is 7.39. The number of H-pyrrole nitrogens is 1. The van der Waals surface area contributed by atoms with Crippen LogP contribution in [-0.4, -0.2) is 26.4 Å². The molecule has 21 heavy (non-hydrogen) atoms. The van der Waals surface area contributed by atoms with Crippen LogP contribution in [0.2, 0.25) is 0 Å². The van der Waals surface area contributed by atoms with E-state index >= 15 is 0 Å². The molecule has 2 aromatic rings. The van der Waals surface area contributed by atoms with Crippen molar-refractivity contribution in [2.75, 3.05) is 11.1 Å². The van der Waals surface area contributed by atoms with Crippen LogP contribution in [0.5, 0.6) is 0 Å². The highest BCUT2D eigenvalue weighted by Crippen LogP contribution is 2.22. The summed E-state index contributed by atoms with van der Waals surface area (Å²) in [5.74, 6) is 0.0420. The average Bonchev–Trinajstić information content (AvgIpc) is 2.81. The van der Waals surface area contributed by atoms with E-state index in [1.165, 1.54) is 16.3 Å². The first-order chi connectivity index (χ1) is 10.1. The van der Waals surface area contributed by atoms with Crippen LogP contribution in [0.15, 0.2) is 38.7 Å². The molecule has 1 aromatic carbocycles. The topological polar surface area (TPSA) is 79.8 Å². The van der Waals surface area contributed by atoms with Crippen LogP contribution in [0.1, 0.15) is 13.3 Å². The third kappa shape index (κ3) is 4.21. The van der Waals surface area contributed by atoms with Crippen molar-refractivity contribution in [1.82, 2.24) is 14.8 Å². The lowest BCUT2D eigenvalue weighted by Gasteiger charge is -2.07. The Hall–Kier alpha value is -1.54. The maximum atomic E-state index is 11.9. The minimum atomic E-state index is -0.245. The second-order valence-corrected chi connectivity index (χ2v) is 6.08. The van der Waals surface area contributed by atoms with Gasteiger partial charge < -0.3 is 5.32 Å². The quantitative estimate of drug-likeness (QED) is 0.765. The Balaban J connectivity index is 1.96. The van der Waals surface area contributed by atoms with Crippen molar-refractivity contribution >= 4 is 39.3 Å². The summed E-state index contributed by atoms with van der Waals surface area (Å²) in [5.41, 5.74) is 0.474. The molecule has 1 aromatic heterocycles. The number of rotatable bonds is 6. The molecule has 1 heterocycles. The molecule has 0 fully saturated rings. The Kier molecular flexibility index (Phi) is 5.63. The summed E-state index contributed by atoms with van der Waals surface area (Å²) in [4.78, 5) is 23.5. The van der Waals surface area contributed by atoms with Crippen LogP contribution in [0.3, 0.4) is 0 Å². The van der Waals surface area contributed by atoms with Crippen LogP contribution in [-0.2, 0) is 11.3 Å². The predicted molar refractivity (Wildman–Crippen MR) is 86.6 cm³/mol. The second-order valence-electron chi connectivity index (χ2n) is 4.28. The van der Waals surface area contributed by atoms with Gasteiger partial charge in [-0.1, -0.05) is 30.8 Å². The van der Waals surface area contributed by atoms with Gasteiger partial charge in [-0.15, -0.1) is 5.10 Å². The highest BCUT2D eigenvalue weighted by Gasteiger charge is 2.11. The number of amides is 1. The van der Waals surface area contributed by atoms with Crippen LogP contribution < -0.4 is 11.0 Å². The summed E-state index contributed by atoms with van der Waals surface area (Å²) >= 11 is 4.61. The number of thioether (sulfide) groups is 1. The molecule has 112 valence electrons. The molecule has 0 aliphatic heterocycles. The number of hydrogen-bond acceptors (Lipinski definition) is 4. The van der Waals surface area contributed by atoms with Gasteiger partial charge in [0.2, 0.25) is 5.91 Å². The van der Waals surface area contributed by atoms with E-state index in [2.05, 4.69) is 31.4 Å². The van der Waals surface area contributed by atoms with E-state index in [1.807, 2.05) is 31.2 Å². The number of carbonyl (C=O) groups excluding carboxylic acids is 1. The van der Waals surface area contributed by atoms with Crippen molar-refractivity contribution in [2.24, 2.45) is 0 Å². The van der Waals surface area contributed by atoms with Gasteiger partial charge in [0, 0.05) is 11.0 Å². The van der Waals surface area contributed by atoms with Gasteiger partial charge in [-0.3, -0.25) is 9.36 Å². The van der Waals surface area contributed by atoms with Crippen molar-refractivity contribution in [3.05, 3.63) is 39.2 Å². The SMILES string of the molecule is CCCn1c(SCC(=O)Nc2ccccc2Br)n[nH]c1=O. The van der Waals surface area contributed by atoms with Crippen LogP contribution in [0.25, 0.3) is 0 Å². The lowest BCUT2D eigenvalue weighted by atomic mass is 10.3. The van der Waals surface area contributed by atoms with Gasteiger partial charge in [-0.2, -0.15) is 0 Å². The number of nitrogens with one attached hydrogen (secondary N) is 2. The number of benzene rings is 1. The first-order valence-electron chi connectivity index (χ1n) is 6.44. The summed E-state index contributed by atoms with van der Waals surface area (Å²) in [6.45, 7) is 2.57. The van der Waals surface area contributed by atoms with Gasteiger partial charge in [-0.25, -0.2) is 9.89 Å². The van der Waals surface area contributed by atoms with E-state index < -0.39 is 0 Å². The van der Waals surface area contributed by atoms with E-state index in [4.69, 9.17) is 0 Å². The molecule has 0 aliphatic rings. The second kappa shape index (κ2) is 7.46.